The number of benzene rings is 3. The number of rotatable bonds is 3. The van der Waals surface area contributed by atoms with Crippen LogP contribution in [-0.4, -0.2) is 16.9 Å². The number of carboxylic acid groups (broad SMARTS) is 1. The number of carboxylic acids is 1. The molecular weight excluding hydrogens is 335 g/mol. The summed E-state index contributed by atoms with van der Waals surface area (Å²) in [5, 5.41) is 11.0. The van der Waals surface area contributed by atoms with E-state index >= 15 is 0 Å². The molecule has 0 heterocycles. The molecule has 3 aromatic carbocycles. The quantitative estimate of drug-likeness (QED) is 0.674. The van der Waals surface area contributed by atoms with E-state index in [1.165, 1.54) is 12.1 Å². The second-order valence-electron chi connectivity index (χ2n) is 4.94. The zero-order chi connectivity index (χ0) is 16.6. The summed E-state index contributed by atoms with van der Waals surface area (Å²) in [5.41, 5.74) is 0.00915. The van der Waals surface area contributed by atoms with Gasteiger partial charge in [0, 0.05) is 5.56 Å². The van der Waals surface area contributed by atoms with E-state index < -0.39 is 11.8 Å². The molecular formula is C18H10Cl2O3. The first kappa shape index (κ1) is 15.5. The van der Waals surface area contributed by atoms with Gasteiger partial charge in [-0.15, -0.1) is 0 Å². The third kappa shape index (κ3) is 2.69. The average Bonchev–Trinajstić information content (AvgIpc) is 2.55. The number of hydrogen-bond donors (Lipinski definition) is 1. The van der Waals surface area contributed by atoms with Gasteiger partial charge in [0.05, 0.1) is 21.2 Å². The monoisotopic (exact) mass is 344 g/mol. The van der Waals surface area contributed by atoms with Crippen LogP contribution >= 0.6 is 23.2 Å². The van der Waals surface area contributed by atoms with Crippen LogP contribution < -0.4 is 0 Å². The maximum absolute atomic E-state index is 13.0. The van der Waals surface area contributed by atoms with Crippen molar-refractivity contribution in [3.8, 4) is 0 Å². The predicted octanol–water partition coefficient (Wildman–Crippen LogP) is 5.08. The largest absolute Gasteiger partial charge is 0.478 e. The van der Waals surface area contributed by atoms with Gasteiger partial charge in [-0.1, -0.05) is 65.7 Å². The van der Waals surface area contributed by atoms with Crippen molar-refractivity contribution in [1.29, 1.82) is 0 Å². The van der Waals surface area contributed by atoms with E-state index in [0.717, 1.165) is 10.8 Å². The summed E-state index contributed by atoms with van der Waals surface area (Å²) < 4.78 is 0. The molecule has 0 bridgehead atoms. The molecule has 114 valence electrons. The van der Waals surface area contributed by atoms with Gasteiger partial charge in [-0.25, -0.2) is 4.79 Å². The van der Waals surface area contributed by atoms with Crippen molar-refractivity contribution in [2.75, 3.05) is 0 Å². The van der Waals surface area contributed by atoms with Gasteiger partial charge >= 0.3 is 5.97 Å². The summed E-state index contributed by atoms with van der Waals surface area (Å²) in [5.74, 6) is -1.76. The minimum absolute atomic E-state index is 0.0227. The van der Waals surface area contributed by atoms with Crippen molar-refractivity contribution in [3.05, 3.63) is 81.3 Å². The highest BCUT2D eigenvalue weighted by molar-refractivity contribution is 6.40. The molecule has 0 radical (unpaired) electrons. The smallest absolute Gasteiger partial charge is 0.338 e. The number of carbonyl (C=O) groups is 2. The standard InChI is InChI=1S/C18H10Cl2O3/c19-13-8-9-14(20)16(18(22)23)15(13)17(21)12-7-3-5-10-4-1-2-6-11(10)12/h1-9H,(H,22,23). The third-order valence-electron chi connectivity index (χ3n) is 3.58. The van der Waals surface area contributed by atoms with Gasteiger partial charge in [0.15, 0.2) is 5.78 Å². The summed E-state index contributed by atoms with van der Waals surface area (Å²) in [6, 6.07) is 15.4. The Morgan fingerprint density at radius 1 is 0.783 bits per heavy atom. The summed E-state index contributed by atoms with van der Waals surface area (Å²) in [4.78, 5) is 24.5. The van der Waals surface area contributed by atoms with Gasteiger partial charge in [0.2, 0.25) is 0 Å². The number of hydrogen-bond acceptors (Lipinski definition) is 2. The Labute approximate surface area is 142 Å². The number of fused-ring (bicyclic) bond motifs is 1. The number of aromatic carboxylic acids is 1. The maximum Gasteiger partial charge on any atom is 0.338 e. The van der Waals surface area contributed by atoms with Crippen LogP contribution in [0, 0.1) is 0 Å². The van der Waals surface area contributed by atoms with E-state index in [1.807, 2.05) is 30.3 Å². The van der Waals surface area contributed by atoms with Crippen molar-refractivity contribution in [3.63, 3.8) is 0 Å². The Morgan fingerprint density at radius 3 is 2.09 bits per heavy atom. The second-order valence-corrected chi connectivity index (χ2v) is 5.75. The molecule has 5 heteroatoms. The minimum Gasteiger partial charge on any atom is -0.478 e. The molecule has 0 aliphatic carbocycles. The van der Waals surface area contributed by atoms with Crippen LogP contribution in [0.5, 0.6) is 0 Å². The van der Waals surface area contributed by atoms with E-state index in [4.69, 9.17) is 23.2 Å². The molecule has 0 saturated heterocycles. The maximum atomic E-state index is 13.0. The van der Waals surface area contributed by atoms with Crippen molar-refractivity contribution in [2.45, 2.75) is 0 Å². The zero-order valence-corrected chi connectivity index (χ0v) is 13.2. The Kier molecular flexibility index (Phi) is 4.07. The molecule has 0 aliphatic rings. The molecule has 23 heavy (non-hydrogen) atoms. The fourth-order valence-corrected chi connectivity index (χ4v) is 3.02. The Hall–Kier alpha value is -2.36. The van der Waals surface area contributed by atoms with Crippen LogP contribution in [0.3, 0.4) is 0 Å². The first-order chi connectivity index (χ1) is 11.0. The molecule has 3 rings (SSSR count). The average molecular weight is 345 g/mol. The van der Waals surface area contributed by atoms with Crippen molar-refractivity contribution in [1.82, 2.24) is 0 Å². The Bertz CT molecular complexity index is 943. The number of carbonyl (C=O) groups excluding carboxylic acids is 1. The lowest BCUT2D eigenvalue weighted by atomic mass is 9.94. The predicted molar refractivity (Wildman–Crippen MR) is 90.8 cm³/mol. The molecule has 0 fully saturated rings. The van der Waals surface area contributed by atoms with E-state index in [-0.39, 0.29) is 21.2 Å². The van der Waals surface area contributed by atoms with Crippen LogP contribution in [0.25, 0.3) is 10.8 Å². The fourth-order valence-electron chi connectivity index (χ4n) is 2.54. The number of halogens is 2. The minimum atomic E-state index is -1.29. The molecule has 0 unspecified atom stereocenters. The van der Waals surface area contributed by atoms with Crippen molar-refractivity contribution < 1.29 is 14.7 Å². The molecule has 0 spiro atoms. The lowest BCUT2D eigenvalue weighted by molar-refractivity contribution is 0.0693. The number of ketones is 1. The van der Waals surface area contributed by atoms with Crippen molar-refractivity contribution >= 4 is 45.7 Å². The van der Waals surface area contributed by atoms with Gasteiger partial charge in [0.1, 0.15) is 0 Å². The van der Waals surface area contributed by atoms with E-state index in [1.54, 1.807) is 12.1 Å². The summed E-state index contributed by atoms with van der Waals surface area (Å²) in [7, 11) is 0. The van der Waals surface area contributed by atoms with Crippen LogP contribution in [0.1, 0.15) is 26.3 Å². The van der Waals surface area contributed by atoms with Gasteiger partial charge in [-0.2, -0.15) is 0 Å². The van der Waals surface area contributed by atoms with E-state index in [9.17, 15) is 14.7 Å². The SMILES string of the molecule is O=C(O)c1c(Cl)ccc(Cl)c1C(=O)c1cccc2ccccc12. The van der Waals surface area contributed by atoms with E-state index in [0.29, 0.717) is 5.56 Å². The molecule has 1 N–H and O–H groups in total. The Balaban J connectivity index is 2.29. The molecule has 0 aliphatic heterocycles. The van der Waals surface area contributed by atoms with Crippen LogP contribution in [-0.2, 0) is 0 Å². The first-order valence-corrected chi connectivity index (χ1v) is 7.50. The summed E-state index contributed by atoms with van der Waals surface area (Å²) >= 11 is 12.1. The lowest BCUT2D eigenvalue weighted by Gasteiger charge is -2.11. The van der Waals surface area contributed by atoms with E-state index in [2.05, 4.69) is 0 Å². The fraction of sp³-hybridized carbons (Fsp3) is 0. The zero-order valence-electron chi connectivity index (χ0n) is 11.7. The molecule has 0 amide bonds. The molecule has 0 aromatic heterocycles. The topological polar surface area (TPSA) is 54.4 Å². The van der Waals surface area contributed by atoms with Crippen LogP contribution in [0.15, 0.2) is 54.6 Å². The Morgan fingerprint density at radius 2 is 1.39 bits per heavy atom. The molecule has 0 atom stereocenters. The summed E-state index contributed by atoms with van der Waals surface area (Å²) in [6.45, 7) is 0. The highest BCUT2D eigenvalue weighted by atomic mass is 35.5. The molecule has 3 aromatic rings. The van der Waals surface area contributed by atoms with Crippen LogP contribution in [0.4, 0.5) is 0 Å². The third-order valence-corrected chi connectivity index (χ3v) is 4.21. The molecule has 3 nitrogen and oxygen atoms in total. The normalized spacial score (nSPS) is 10.7. The highest BCUT2D eigenvalue weighted by Crippen LogP contribution is 2.31. The first-order valence-electron chi connectivity index (χ1n) is 6.74. The molecule has 0 saturated carbocycles. The lowest BCUT2D eigenvalue weighted by Crippen LogP contribution is -2.11. The van der Waals surface area contributed by atoms with Crippen LogP contribution in [0.2, 0.25) is 10.0 Å². The van der Waals surface area contributed by atoms with Crippen molar-refractivity contribution in [2.24, 2.45) is 0 Å². The highest BCUT2D eigenvalue weighted by Gasteiger charge is 2.25. The second kappa shape index (κ2) is 6.03. The van der Waals surface area contributed by atoms with Gasteiger partial charge in [-0.3, -0.25) is 4.79 Å². The summed E-state index contributed by atoms with van der Waals surface area (Å²) in [6.07, 6.45) is 0. The van der Waals surface area contributed by atoms with Gasteiger partial charge in [-0.05, 0) is 22.9 Å². The van der Waals surface area contributed by atoms with Gasteiger partial charge in [0.25, 0.3) is 0 Å². The van der Waals surface area contributed by atoms with Gasteiger partial charge < -0.3 is 5.11 Å².